The maximum absolute atomic E-state index is 12.6. The zero-order chi connectivity index (χ0) is 20.5. The number of benzene rings is 2. The third kappa shape index (κ3) is 6.86. The van der Waals surface area contributed by atoms with Crippen LogP contribution in [0.5, 0.6) is 5.75 Å². The van der Waals surface area contributed by atoms with Crippen LogP contribution in [0.25, 0.3) is 0 Å². The number of carbonyl (C=O) groups is 1. The van der Waals surface area contributed by atoms with Crippen LogP contribution in [0.1, 0.15) is 5.56 Å². The van der Waals surface area contributed by atoms with Crippen molar-refractivity contribution < 1.29 is 18.3 Å². The summed E-state index contributed by atoms with van der Waals surface area (Å²) in [6, 6.07) is 11.7. The average molecular weight is 431 g/mol. The van der Waals surface area contributed by atoms with Crippen LogP contribution in [0.3, 0.4) is 0 Å². The van der Waals surface area contributed by atoms with Gasteiger partial charge in [0, 0.05) is 29.9 Å². The Morgan fingerprint density at radius 3 is 2.54 bits per heavy atom. The number of anilines is 1. The van der Waals surface area contributed by atoms with Crippen molar-refractivity contribution in [3.8, 4) is 5.75 Å². The number of ether oxygens (including phenoxy) is 1. The molecule has 0 radical (unpaired) electrons. The lowest BCUT2D eigenvalue weighted by Crippen LogP contribution is -2.41. The van der Waals surface area contributed by atoms with Crippen LogP contribution in [0, 0.1) is 0 Å². The number of para-hydroxylation sites is 1. The third-order valence-electron chi connectivity index (χ3n) is 3.44. The van der Waals surface area contributed by atoms with E-state index in [1.807, 2.05) is 6.07 Å². The fourth-order valence-electron chi connectivity index (χ4n) is 2.26. The predicted octanol–water partition coefficient (Wildman–Crippen LogP) is 3.90. The molecule has 0 heterocycles. The molecular weight excluding hydrogens is 413 g/mol. The summed E-state index contributed by atoms with van der Waals surface area (Å²) in [5.41, 5.74) is 0.981. The van der Waals surface area contributed by atoms with Gasteiger partial charge in [0.2, 0.25) is 5.91 Å². The van der Waals surface area contributed by atoms with Gasteiger partial charge in [-0.1, -0.05) is 41.4 Å². The largest absolute Gasteiger partial charge is 0.433 e. The monoisotopic (exact) mass is 430 g/mol. The summed E-state index contributed by atoms with van der Waals surface area (Å²) in [6.07, 6.45) is 0. The van der Waals surface area contributed by atoms with Crippen molar-refractivity contribution in [1.29, 1.82) is 0 Å². The highest BCUT2D eigenvalue weighted by atomic mass is 35.5. The Kier molecular flexibility index (Phi) is 8.28. The summed E-state index contributed by atoms with van der Waals surface area (Å²) in [5, 5.41) is 8.67. The second kappa shape index (κ2) is 10.7. The molecule has 0 spiro atoms. The zero-order valence-corrected chi connectivity index (χ0v) is 16.3. The molecule has 0 fully saturated rings. The number of amides is 1. The lowest BCUT2D eigenvalue weighted by atomic mass is 10.2. The van der Waals surface area contributed by atoms with Crippen LogP contribution in [0.15, 0.2) is 47.5 Å². The molecule has 1 amide bonds. The van der Waals surface area contributed by atoms with Gasteiger partial charge in [-0.25, -0.2) is 0 Å². The summed E-state index contributed by atoms with van der Waals surface area (Å²) >= 11 is 11.9. The average Bonchev–Trinajstić information content (AvgIpc) is 2.65. The lowest BCUT2D eigenvalue weighted by molar-refractivity contribution is -0.115. The van der Waals surface area contributed by atoms with Gasteiger partial charge in [0.05, 0.1) is 11.6 Å². The number of nitrogens with zero attached hydrogens (tertiary/aromatic N) is 1. The Morgan fingerprint density at radius 2 is 1.89 bits per heavy atom. The Labute approximate surface area is 170 Å². The molecule has 150 valence electrons. The molecule has 0 saturated carbocycles. The van der Waals surface area contributed by atoms with E-state index in [0.29, 0.717) is 11.3 Å². The number of halogens is 4. The van der Waals surface area contributed by atoms with Gasteiger partial charge in [-0.3, -0.25) is 9.79 Å². The Bertz CT molecular complexity index is 836. The van der Waals surface area contributed by atoms with Crippen molar-refractivity contribution in [2.45, 2.75) is 13.2 Å². The van der Waals surface area contributed by atoms with E-state index in [4.69, 9.17) is 23.2 Å². The molecule has 0 bridgehead atoms. The standard InChI is InChI=1S/C18H18Cl2F2N4O2/c1-23-18(25-10-15(27)26-13-5-3-2-4-6-13)24-9-11-7-12(19)8-14(20)16(11)28-17(21)22/h2-8,17H,9-10H2,1H3,(H,26,27)(H2,23,24,25). The fourth-order valence-corrected chi connectivity index (χ4v) is 2.84. The van der Waals surface area contributed by atoms with Gasteiger partial charge in [0.1, 0.15) is 5.75 Å². The summed E-state index contributed by atoms with van der Waals surface area (Å²) < 4.78 is 29.7. The van der Waals surface area contributed by atoms with Gasteiger partial charge in [-0.15, -0.1) is 0 Å². The van der Waals surface area contributed by atoms with E-state index in [9.17, 15) is 13.6 Å². The van der Waals surface area contributed by atoms with Gasteiger partial charge >= 0.3 is 6.61 Å². The summed E-state index contributed by atoms with van der Waals surface area (Å²) in [7, 11) is 1.51. The summed E-state index contributed by atoms with van der Waals surface area (Å²) in [6.45, 7) is -3.04. The second-order valence-corrected chi connectivity index (χ2v) is 6.29. The SMILES string of the molecule is CN=C(NCC(=O)Nc1ccccc1)NCc1cc(Cl)cc(Cl)c1OC(F)F. The number of alkyl halides is 2. The minimum atomic E-state index is -3.03. The molecule has 3 N–H and O–H groups in total. The van der Waals surface area contributed by atoms with Gasteiger partial charge in [-0.2, -0.15) is 8.78 Å². The first-order valence-electron chi connectivity index (χ1n) is 8.11. The normalized spacial score (nSPS) is 11.3. The van der Waals surface area contributed by atoms with Gasteiger partial charge in [-0.05, 0) is 24.3 Å². The molecule has 6 nitrogen and oxygen atoms in total. The number of hydrogen-bond acceptors (Lipinski definition) is 3. The molecule has 2 aromatic rings. The molecule has 0 aliphatic rings. The quantitative estimate of drug-likeness (QED) is 0.459. The molecule has 10 heteroatoms. The minimum absolute atomic E-state index is 0.0326. The number of hydrogen-bond donors (Lipinski definition) is 3. The Balaban J connectivity index is 1.94. The van der Waals surface area contributed by atoms with Crippen molar-refractivity contribution in [2.75, 3.05) is 18.9 Å². The van der Waals surface area contributed by atoms with Crippen LogP contribution in [0.4, 0.5) is 14.5 Å². The molecule has 0 unspecified atom stereocenters. The van der Waals surface area contributed by atoms with Crippen LogP contribution >= 0.6 is 23.2 Å². The van der Waals surface area contributed by atoms with Crippen molar-refractivity contribution in [2.24, 2.45) is 4.99 Å². The van der Waals surface area contributed by atoms with E-state index < -0.39 is 6.61 Å². The van der Waals surface area contributed by atoms with Crippen molar-refractivity contribution in [3.63, 3.8) is 0 Å². The second-order valence-electron chi connectivity index (χ2n) is 5.45. The van der Waals surface area contributed by atoms with Crippen LogP contribution < -0.4 is 20.7 Å². The molecule has 0 atom stereocenters. The maximum Gasteiger partial charge on any atom is 0.387 e. The zero-order valence-electron chi connectivity index (χ0n) is 14.8. The van der Waals surface area contributed by atoms with Gasteiger partial charge in [0.15, 0.2) is 5.96 Å². The number of guanidine groups is 1. The highest BCUT2D eigenvalue weighted by Crippen LogP contribution is 2.33. The molecule has 28 heavy (non-hydrogen) atoms. The van der Waals surface area contributed by atoms with Crippen LogP contribution in [-0.4, -0.2) is 32.1 Å². The van der Waals surface area contributed by atoms with E-state index in [1.165, 1.54) is 19.2 Å². The van der Waals surface area contributed by atoms with Crippen molar-refractivity contribution in [1.82, 2.24) is 10.6 Å². The van der Waals surface area contributed by atoms with Crippen molar-refractivity contribution in [3.05, 3.63) is 58.1 Å². The topological polar surface area (TPSA) is 74.8 Å². The first kappa shape index (κ1) is 21.7. The fraction of sp³-hybridized carbons (Fsp3) is 0.222. The van der Waals surface area contributed by atoms with E-state index in [2.05, 4.69) is 25.7 Å². The van der Waals surface area contributed by atoms with Gasteiger partial charge in [0.25, 0.3) is 0 Å². The third-order valence-corrected chi connectivity index (χ3v) is 3.94. The smallest absolute Gasteiger partial charge is 0.387 e. The molecule has 0 aliphatic heterocycles. The summed E-state index contributed by atoms with van der Waals surface area (Å²) in [4.78, 5) is 16.0. The molecule has 2 aromatic carbocycles. The lowest BCUT2D eigenvalue weighted by Gasteiger charge is -2.16. The molecule has 0 aromatic heterocycles. The number of nitrogens with one attached hydrogen (secondary N) is 3. The maximum atomic E-state index is 12.6. The number of rotatable bonds is 7. The number of carbonyl (C=O) groups excluding carboxylic acids is 1. The predicted molar refractivity (Wildman–Crippen MR) is 106 cm³/mol. The van der Waals surface area contributed by atoms with Crippen LogP contribution in [-0.2, 0) is 11.3 Å². The van der Waals surface area contributed by atoms with E-state index in [1.54, 1.807) is 24.3 Å². The van der Waals surface area contributed by atoms with Crippen molar-refractivity contribution >= 4 is 40.8 Å². The van der Waals surface area contributed by atoms with E-state index in [-0.39, 0.29) is 40.8 Å². The van der Waals surface area contributed by atoms with E-state index >= 15 is 0 Å². The molecule has 2 rings (SSSR count). The first-order valence-corrected chi connectivity index (χ1v) is 8.86. The molecule has 0 aliphatic carbocycles. The highest BCUT2D eigenvalue weighted by Gasteiger charge is 2.15. The summed E-state index contributed by atoms with van der Waals surface area (Å²) in [5.74, 6) is -0.171. The van der Waals surface area contributed by atoms with Crippen LogP contribution in [0.2, 0.25) is 10.0 Å². The number of aliphatic imine (C=N–C) groups is 1. The molecular formula is C18H18Cl2F2N4O2. The molecule has 0 saturated heterocycles. The first-order chi connectivity index (χ1) is 13.4. The minimum Gasteiger partial charge on any atom is -0.433 e. The van der Waals surface area contributed by atoms with E-state index in [0.717, 1.165) is 0 Å². The Hall–Kier alpha value is -2.58. The highest BCUT2D eigenvalue weighted by molar-refractivity contribution is 6.35. The Morgan fingerprint density at radius 1 is 1.18 bits per heavy atom. The van der Waals surface area contributed by atoms with Gasteiger partial charge < -0.3 is 20.7 Å².